The van der Waals surface area contributed by atoms with Gasteiger partial charge in [0.1, 0.15) is 0 Å². The number of carbonyl (C=O) groups excluding carboxylic acids is 1. The summed E-state index contributed by atoms with van der Waals surface area (Å²) in [7, 11) is 3.50. The zero-order valence-corrected chi connectivity index (χ0v) is 19.3. The molecule has 5 aliphatic rings. The zero-order chi connectivity index (χ0) is 20.6. The molecule has 5 aliphatic carbocycles. The zero-order valence-electron chi connectivity index (χ0n) is 19.3. The molecule has 1 spiro atoms. The number of fused-ring (bicyclic) bond motifs is 4. The molecule has 0 aliphatic heterocycles. The van der Waals surface area contributed by atoms with E-state index in [2.05, 4.69) is 20.8 Å². The lowest BCUT2D eigenvalue weighted by molar-refractivity contribution is -0.161. The summed E-state index contributed by atoms with van der Waals surface area (Å²) in [5, 5.41) is 0. The van der Waals surface area contributed by atoms with Crippen LogP contribution in [0.4, 0.5) is 0 Å². The predicted octanol–water partition coefficient (Wildman–Crippen LogP) is 5.86. The highest BCUT2D eigenvalue weighted by molar-refractivity contribution is 5.69. The first-order chi connectivity index (χ1) is 13.8. The largest absolute Gasteiger partial charge is 0.469 e. The van der Waals surface area contributed by atoms with Crippen molar-refractivity contribution in [2.75, 3.05) is 14.2 Å². The van der Waals surface area contributed by atoms with E-state index in [0.29, 0.717) is 34.7 Å². The molecule has 0 aromatic rings. The highest BCUT2D eigenvalue weighted by Gasteiger charge is 2.77. The number of rotatable bonds is 5. The molecule has 3 nitrogen and oxygen atoms in total. The third-order valence-corrected chi connectivity index (χ3v) is 11.6. The van der Waals surface area contributed by atoms with Crippen LogP contribution in [0.2, 0.25) is 0 Å². The maximum absolute atomic E-state index is 11.7. The lowest BCUT2D eigenvalue weighted by Gasteiger charge is -2.61. The van der Waals surface area contributed by atoms with Gasteiger partial charge in [0.25, 0.3) is 0 Å². The van der Waals surface area contributed by atoms with Crippen molar-refractivity contribution in [2.45, 2.75) is 91.1 Å². The van der Waals surface area contributed by atoms with Crippen LogP contribution >= 0.6 is 0 Å². The van der Waals surface area contributed by atoms with Gasteiger partial charge in [-0.3, -0.25) is 4.79 Å². The molecule has 29 heavy (non-hydrogen) atoms. The van der Waals surface area contributed by atoms with E-state index in [-0.39, 0.29) is 5.97 Å². The summed E-state index contributed by atoms with van der Waals surface area (Å²) in [4.78, 5) is 11.7. The molecule has 0 bridgehead atoms. The monoisotopic (exact) mass is 402 g/mol. The quantitative estimate of drug-likeness (QED) is 0.540. The Kier molecular flexibility index (Phi) is 4.71. The first-order valence-electron chi connectivity index (χ1n) is 12.4. The molecule has 0 radical (unpaired) electrons. The number of ether oxygens (including phenoxy) is 2. The van der Waals surface area contributed by atoms with Crippen molar-refractivity contribution in [1.29, 1.82) is 0 Å². The number of carbonyl (C=O) groups is 1. The van der Waals surface area contributed by atoms with Gasteiger partial charge >= 0.3 is 5.97 Å². The fourth-order valence-electron chi connectivity index (χ4n) is 10.2. The molecule has 5 rings (SSSR count). The molecule has 3 heteroatoms. The van der Waals surface area contributed by atoms with Gasteiger partial charge in [-0.25, -0.2) is 0 Å². The first-order valence-corrected chi connectivity index (χ1v) is 12.4. The molecule has 164 valence electrons. The molecule has 5 fully saturated rings. The van der Waals surface area contributed by atoms with Crippen molar-refractivity contribution in [3.63, 3.8) is 0 Å². The average Bonchev–Trinajstić information content (AvgIpc) is 3.22. The van der Waals surface area contributed by atoms with E-state index >= 15 is 0 Å². The molecule has 0 amide bonds. The second kappa shape index (κ2) is 6.71. The van der Waals surface area contributed by atoms with Crippen LogP contribution < -0.4 is 0 Å². The molecule has 0 saturated heterocycles. The van der Waals surface area contributed by atoms with Crippen LogP contribution in [-0.2, 0) is 14.3 Å². The Morgan fingerprint density at radius 2 is 1.86 bits per heavy atom. The van der Waals surface area contributed by atoms with Gasteiger partial charge in [-0.15, -0.1) is 0 Å². The molecule has 5 saturated carbocycles. The number of hydrogen-bond donors (Lipinski definition) is 0. The molecule has 0 N–H and O–H groups in total. The van der Waals surface area contributed by atoms with E-state index in [1.54, 1.807) is 0 Å². The van der Waals surface area contributed by atoms with Gasteiger partial charge in [0.15, 0.2) is 0 Å². The van der Waals surface area contributed by atoms with Crippen LogP contribution in [0.3, 0.4) is 0 Å². The maximum atomic E-state index is 11.7. The van der Waals surface area contributed by atoms with E-state index < -0.39 is 0 Å². The number of hydrogen-bond acceptors (Lipinski definition) is 3. The number of esters is 1. The van der Waals surface area contributed by atoms with Gasteiger partial charge in [0, 0.05) is 18.9 Å². The standard InChI is InChI=1S/C26H42O3/c1-16(6-9-23(27)29-5)19-7-8-20-18-14-22(28-4)26-15-17(26)10-13-25(26,3)21(18)11-12-24(19,20)2/h16-22H,6-15H2,1-5H3/t16-,17?,18?,19?,20?,21?,22-,24-,25-,26+/m1/s1. The van der Waals surface area contributed by atoms with Crippen LogP contribution in [0.15, 0.2) is 0 Å². The highest BCUT2D eigenvalue weighted by atomic mass is 16.5. The van der Waals surface area contributed by atoms with Crippen molar-refractivity contribution in [2.24, 2.45) is 51.8 Å². The molecule has 10 atom stereocenters. The molecular weight excluding hydrogens is 360 g/mol. The molecule has 0 heterocycles. The molecular formula is C26H42O3. The smallest absolute Gasteiger partial charge is 0.305 e. The Balaban J connectivity index is 1.37. The van der Waals surface area contributed by atoms with Crippen molar-refractivity contribution in [3.8, 4) is 0 Å². The Morgan fingerprint density at radius 3 is 2.55 bits per heavy atom. The van der Waals surface area contributed by atoms with Crippen LogP contribution in [0.1, 0.15) is 85.0 Å². The Hall–Kier alpha value is -0.570. The van der Waals surface area contributed by atoms with Crippen LogP contribution in [0, 0.1) is 51.8 Å². The van der Waals surface area contributed by atoms with E-state index in [1.165, 1.54) is 58.5 Å². The van der Waals surface area contributed by atoms with Crippen molar-refractivity contribution >= 4 is 5.97 Å². The predicted molar refractivity (Wildman–Crippen MR) is 114 cm³/mol. The van der Waals surface area contributed by atoms with Crippen molar-refractivity contribution in [3.05, 3.63) is 0 Å². The van der Waals surface area contributed by atoms with Crippen molar-refractivity contribution < 1.29 is 14.3 Å². The lowest BCUT2D eigenvalue weighted by Crippen LogP contribution is -2.57. The van der Waals surface area contributed by atoms with E-state index in [0.717, 1.165) is 36.0 Å². The summed E-state index contributed by atoms with van der Waals surface area (Å²) in [5.41, 5.74) is 1.51. The summed E-state index contributed by atoms with van der Waals surface area (Å²) < 4.78 is 11.1. The summed E-state index contributed by atoms with van der Waals surface area (Å²) in [5.74, 6) is 4.92. The topological polar surface area (TPSA) is 35.5 Å². The van der Waals surface area contributed by atoms with Crippen LogP contribution in [-0.4, -0.2) is 26.3 Å². The maximum Gasteiger partial charge on any atom is 0.305 e. The second-order valence-electron chi connectivity index (χ2n) is 12.1. The third kappa shape index (κ3) is 2.55. The minimum Gasteiger partial charge on any atom is -0.469 e. The van der Waals surface area contributed by atoms with Gasteiger partial charge in [-0.2, -0.15) is 0 Å². The fraction of sp³-hybridized carbons (Fsp3) is 0.962. The Morgan fingerprint density at radius 1 is 1.07 bits per heavy atom. The molecule has 0 aromatic heterocycles. The highest BCUT2D eigenvalue weighted by Crippen LogP contribution is 2.82. The van der Waals surface area contributed by atoms with E-state index in [1.807, 2.05) is 7.11 Å². The first kappa shape index (κ1) is 20.3. The van der Waals surface area contributed by atoms with Crippen LogP contribution in [0.25, 0.3) is 0 Å². The summed E-state index contributed by atoms with van der Waals surface area (Å²) in [6.07, 6.45) is 13.3. The minimum absolute atomic E-state index is 0.0473. The normalized spacial score (nSPS) is 53.4. The van der Waals surface area contributed by atoms with E-state index in [9.17, 15) is 4.79 Å². The summed E-state index contributed by atoms with van der Waals surface area (Å²) in [6, 6.07) is 0. The van der Waals surface area contributed by atoms with E-state index in [4.69, 9.17) is 9.47 Å². The van der Waals surface area contributed by atoms with Crippen LogP contribution in [0.5, 0.6) is 0 Å². The summed E-state index contributed by atoms with van der Waals surface area (Å²) >= 11 is 0. The van der Waals surface area contributed by atoms with Gasteiger partial charge in [0.05, 0.1) is 13.2 Å². The van der Waals surface area contributed by atoms with Gasteiger partial charge in [-0.05, 0) is 104 Å². The van der Waals surface area contributed by atoms with Gasteiger partial charge in [0.2, 0.25) is 0 Å². The number of methoxy groups -OCH3 is 2. The fourth-order valence-corrected chi connectivity index (χ4v) is 10.2. The lowest BCUT2D eigenvalue weighted by atomic mass is 9.45. The van der Waals surface area contributed by atoms with Crippen molar-refractivity contribution in [1.82, 2.24) is 0 Å². The third-order valence-electron chi connectivity index (χ3n) is 11.6. The van der Waals surface area contributed by atoms with Gasteiger partial charge < -0.3 is 9.47 Å². The SMILES string of the molecule is COC(=O)CC[C@@H](C)C1CCC2C3C[C@@H](OC)[C@]45CC4CC[C@]5(C)C3CC[C@@]21C. The Bertz CT molecular complexity index is 675. The van der Waals surface area contributed by atoms with Gasteiger partial charge in [-0.1, -0.05) is 20.8 Å². The molecule has 0 aromatic carbocycles. The molecule has 5 unspecified atom stereocenters. The average molecular weight is 403 g/mol. The summed E-state index contributed by atoms with van der Waals surface area (Å²) in [6.45, 7) is 7.68. The minimum atomic E-state index is -0.0473. The Labute approximate surface area is 177 Å². The second-order valence-corrected chi connectivity index (χ2v) is 12.1.